The van der Waals surface area contributed by atoms with E-state index in [4.69, 9.17) is 4.42 Å². The normalized spacial score (nSPS) is 11.8. The highest BCUT2D eigenvalue weighted by Gasteiger charge is 2.38. The standard InChI is InChI=1S/C17H10F3N5O3/c18-17(19,20)16-21-12-3-1-2-4-13(12)24(16)9-14-22-23-15(28-14)10-5-7-11(8-6-10)25(26)27/h1-8H,9H2. The predicted octanol–water partition coefficient (Wildman–Crippen LogP) is 4.06. The third kappa shape index (κ3) is 3.17. The highest BCUT2D eigenvalue weighted by Crippen LogP contribution is 2.32. The van der Waals surface area contributed by atoms with Crippen LogP contribution in [0.15, 0.2) is 52.9 Å². The van der Waals surface area contributed by atoms with Gasteiger partial charge in [-0.25, -0.2) is 4.98 Å². The molecule has 142 valence electrons. The number of hydrogen-bond donors (Lipinski definition) is 0. The lowest BCUT2D eigenvalue weighted by atomic mass is 10.2. The fourth-order valence-electron chi connectivity index (χ4n) is 2.75. The van der Waals surface area contributed by atoms with Crippen molar-refractivity contribution in [1.29, 1.82) is 0 Å². The van der Waals surface area contributed by atoms with E-state index in [0.717, 1.165) is 4.57 Å². The topological polar surface area (TPSA) is 99.9 Å². The van der Waals surface area contributed by atoms with Gasteiger partial charge in [-0.15, -0.1) is 10.2 Å². The molecular weight excluding hydrogens is 379 g/mol. The number of rotatable bonds is 4. The molecule has 0 fully saturated rings. The highest BCUT2D eigenvalue weighted by atomic mass is 19.4. The molecule has 11 heteroatoms. The molecule has 0 N–H and O–H groups in total. The summed E-state index contributed by atoms with van der Waals surface area (Å²) < 4.78 is 46.5. The van der Waals surface area contributed by atoms with E-state index in [0.29, 0.717) is 5.56 Å². The Hall–Kier alpha value is -3.76. The Balaban J connectivity index is 1.68. The van der Waals surface area contributed by atoms with E-state index in [1.54, 1.807) is 12.1 Å². The van der Waals surface area contributed by atoms with Crippen molar-refractivity contribution < 1.29 is 22.5 Å². The zero-order valence-corrected chi connectivity index (χ0v) is 13.9. The SMILES string of the molecule is O=[N+]([O-])c1ccc(-c2nnc(Cn3c(C(F)(F)F)nc4ccccc43)o2)cc1. The van der Waals surface area contributed by atoms with Crippen LogP contribution < -0.4 is 0 Å². The number of nitro benzene ring substituents is 1. The van der Waals surface area contributed by atoms with Crippen LogP contribution in [0.2, 0.25) is 0 Å². The molecule has 0 radical (unpaired) electrons. The van der Waals surface area contributed by atoms with Gasteiger partial charge >= 0.3 is 6.18 Å². The average Bonchev–Trinajstić information content (AvgIpc) is 3.27. The predicted molar refractivity (Wildman–Crippen MR) is 90.2 cm³/mol. The second kappa shape index (κ2) is 6.44. The Bertz CT molecular complexity index is 1160. The number of nitro groups is 1. The Morgan fingerprint density at radius 3 is 2.46 bits per heavy atom. The smallest absolute Gasteiger partial charge is 0.419 e. The van der Waals surface area contributed by atoms with Crippen molar-refractivity contribution in [3.05, 3.63) is 70.4 Å². The number of hydrogen-bond acceptors (Lipinski definition) is 6. The molecule has 0 atom stereocenters. The Labute approximate surface area is 154 Å². The van der Waals surface area contributed by atoms with Crippen LogP contribution in [0.3, 0.4) is 0 Å². The first-order valence-electron chi connectivity index (χ1n) is 7.92. The van der Waals surface area contributed by atoms with Crippen LogP contribution in [0.4, 0.5) is 18.9 Å². The Kier molecular flexibility index (Phi) is 4.06. The van der Waals surface area contributed by atoms with Crippen LogP contribution in [0, 0.1) is 10.1 Å². The maximum atomic E-state index is 13.4. The molecule has 0 saturated carbocycles. The molecule has 2 aromatic carbocycles. The summed E-state index contributed by atoms with van der Waals surface area (Å²) in [5, 5.41) is 18.3. The minimum absolute atomic E-state index is 0.0443. The lowest BCUT2D eigenvalue weighted by Crippen LogP contribution is -2.15. The maximum Gasteiger partial charge on any atom is 0.449 e. The van der Waals surface area contributed by atoms with Gasteiger partial charge in [0, 0.05) is 17.7 Å². The molecule has 4 aromatic rings. The van der Waals surface area contributed by atoms with Gasteiger partial charge in [-0.2, -0.15) is 13.2 Å². The van der Waals surface area contributed by atoms with Gasteiger partial charge < -0.3 is 8.98 Å². The summed E-state index contributed by atoms with van der Waals surface area (Å²) in [6.45, 7) is -0.324. The number of para-hydroxylation sites is 2. The molecule has 0 spiro atoms. The van der Waals surface area contributed by atoms with Gasteiger partial charge in [0.1, 0.15) is 6.54 Å². The molecule has 2 aromatic heterocycles. The van der Waals surface area contributed by atoms with E-state index in [9.17, 15) is 23.3 Å². The number of fused-ring (bicyclic) bond motifs is 1. The number of nitrogens with zero attached hydrogens (tertiary/aromatic N) is 5. The van der Waals surface area contributed by atoms with Crippen molar-refractivity contribution in [3.8, 4) is 11.5 Å². The third-order valence-electron chi connectivity index (χ3n) is 3.99. The van der Waals surface area contributed by atoms with E-state index in [-0.39, 0.29) is 35.0 Å². The zero-order chi connectivity index (χ0) is 19.9. The number of aromatic nitrogens is 4. The van der Waals surface area contributed by atoms with E-state index < -0.39 is 16.9 Å². The molecule has 0 amide bonds. The number of imidazole rings is 1. The largest absolute Gasteiger partial charge is 0.449 e. The lowest BCUT2D eigenvalue weighted by molar-refractivity contribution is -0.384. The molecule has 0 aliphatic rings. The number of benzene rings is 2. The van der Waals surface area contributed by atoms with E-state index in [1.807, 2.05) is 0 Å². The van der Waals surface area contributed by atoms with Crippen molar-refractivity contribution in [3.63, 3.8) is 0 Å². The van der Waals surface area contributed by atoms with E-state index >= 15 is 0 Å². The van der Waals surface area contributed by atoms with E-state index in [2.05, 4.69) is 15.2 Å². The first-order chi connectivity index (χ1) is 13.3. The molecule has 8 nitrogen and oxygen atoms in total. The van der Waals surface area contributed by atoms with Gasteiger partial charge in [0.05, 0.1) is 16.0 Å². The minimum Gasteiger partial charge on any atom is -0.419 e. The number of alkyl halides is 3. The van der Waals surface area contributed by atoms with Crippen LogP contribution in [0.1, 0.15) is 11.7 Å². The maximum absolute atomic E-state index is 13.4. The minimum atomic E-state index is -4.65. The van der Waals surface area contributed by atoms with Crippen molar-refractivity contribution in [2.75, 3.05) is 0 Å². The summed E-state index contributed by atoms with van der Waals surface area (Å²) >= 11 is 0. The first kappa shape index (κ1) is 17.6. The van der Waals surface area contributed by atoms with Gasteiger partial charge in [-0.3, -0.25) is 10.1 Å². The summed E-state index contributed by atoms with van der Waals surface area (Å²) in [6, 6.07) is 11.6. The van der Waals surface area contributed by atoms with Gasteiger partial charge in [0.2, 0.25) is 17.6 Å². The molecule has 0 saturated heterocycles. The van der Waals surface area contributed by atoms with Crippen molar-refractivity contribution in [1.82, 2.24) is 19.7 Å². The van der Waals surface area contributed by atoms with Crippen LogP contribution in [0.5, 0.6) is 0 Å². The van der Waals surface area contributed by atoms with Gasteiger partial charge in [-0.1, -0.05) is 12.1 Å². The van der Waals surface area contributed by atoms with Crippen LogP contribution >= 0.6 is 0 Å². The first-order valence-corrected chi connectivity index (χ1v) is 7.92. The summed E-state index contributed by atoms with van der Waals surface area (Å²) in [4.78, 5) is 13.8. The fourth-order valence-corrected chi connectivity index (χ4v) is 2.75. The lowest BCUT2D eigenvalue weighted by Gasteiger charge is -2.09. The van der Waals surface area contributed by atoms with Crippen LogP contribution in [0.25, 0.3) is 22.5 Å². The number of halogens is 3. The summed E-state index contributed by atoms with van der Waals surface area (Å²) in [6.07, 6.45) is -4.65. The molecule has 0 unspecified atom stereocenters. The highest BCUT2D eigenvalue weighted by molar-refractivity contribution is 5.76. The summed E-state index contributed by atoms with van der Waals surface area (Å²) in [5.41, 5.74) is 0.786. The monoisotopic (exact) mass is 389 g/mol. The van der Waals surface area contributed by atoms with E-state index in [1.165, 1.54) is 36.4 Å². The molecule has 4 rings (SSSR count). The second-order valence-corrected chi connectivity index (χ2v) is 5.81. The second-order valence-electron chi connectivity index (χ2n) is 5.81. The van der Waals surface area contributed by atoms with Gasteiger partial charge in [-0.05, 0) is 24.3 Å². The third-order valence-corrected chi connectivity index (χ3v) is 3.99. The zero-order valence-electron chi connectivity index (χ0n) is 13.9. The molecule has 2 heterocycles. The fraction of sp³-hybridized carbons (Fsp3) is 0.118. The molecular formula is C17H10F3N5O3. The van der Waals surface area contributed by atoms with Crippen molar-refractivity contribution in [2.24, 2.45) is 0 Å². The van der Waals surface area contributed by atoms with Crippen LogP contribution in [-0.2, 0) is 12.7 Å². The molecule has 28 heavy (non-hydrogen) atoms. The van der Waals surface area contributed by atoms with Gasteiger partial charge in [0.15, 0.2) is 0 Å². The van der Waals surface area contributed by atoms with Crippen molar-refractivity contribution >= 4 is 16.7 Å². The molecule has 0 bridgehead atoms. The van der Waals surface area contributed by atoms with Crippen molar-refractivity contribution in [2.45, 2.75) is 12.7 Å². The summed E-state index contributed by atoms with van der Waals surface area (Å²) in [7, 11) is 0. The molecule has 0 aliphatic heterocycles. The summed E-state index contributed by atoms with van der Waals surface area (Å²) in [5.74, 6) is -1.08. The average molecular weight is 389 g/mol. The quantitative estimate of drug-likeness (QED) is 0.385. The Morgan fingerprint density at radius 2 is 1.79 bits per heavy atom. The number of non-ortho nitro benzene ring substituents is 1. The Morgan fingerprint density at radius 1 is 1.07 bits per heavy atom. The molecule has 0 aliphatic carbocycles. The van der Waals surface area contributed by atoms with Crippen LogP contribution in [-0.4, -0.2) is 24.7 Å². The van der Waals surface area contributed by atoms with Gasteiger partial charge in [0.25, 0.3) is 5.69 Å².